The van der Waals surface area contributed by atoms with Crippen LogP contribution < -0.4 is 0 Å². The monoisotopic (exact) mass is 264 g/mol. The van der Waals surface area contributed by atoms with E-state index >= 15 is 0 Å². The molecule has 2 aromatic rings. The van der Waals surface area contributed by atoms with Gasteiger partial charge in [0, 0.05) is 16.7 Å². The summed E-state index contributed by atoms with van der Waals surface area (Å²) in [5, 5.41) is 8.81. The standard InChI is InChI=1S/C17H12O3/c1-12(18)16-5-3-2-4-14(16)9-6-13-7-10-15(11-8-13)17(19)20/h2-5,7-8,10-11H,1H3,(H,19,20). The highest BCUT2D eigenvalue weighted by molar-refractivity contribution is 5.96. The average Bonchev–Trinajstić information content (AvgIpc) is 2.45. The van der Waals surface area contributed by atoms with Crippen molar-refractivity contribution < 1.29 is 14.7 Å². The number of aromatic carboxylic acids is 1. The van der Waals surface area contributed by atoms with E-state index in [2.05, 4.69) is 11.8 Å². The number of rotatable bonds is 2. The van der Waals surface area contributed by atoms with Crippen LogP contribution in [-0.2, 0) is 0 Å². The summed E-state index contributed by atoms with van der Waals surface area (Å²) in [5.41, 5.74) is 2.18. The summed E-state index contributed by atoms with van der Waals surface area (Å²) in [6.07, 6.45) is 0. The predicted octanol–water partition coefficient (Wildman–Crippen LogP) is 2.99. The lowest BCUT2D eigenvalue weighted by Gasteiger charge is -1.98. The molecular formula is C17H12O3. The van der Waals surface area contributed by atoms with Gasteiger partial charge in [0.1, 0.15) is 0 Å². The Kier molecular flexibility index (Phi) is 3.97. The Morgan fingerprint density at radius 2 is 1.60 bits per heavy atom. The topological polar surface area (TPSA) is 54.4 Å². The maximum Gasteiger partial charge on any atom is 0.335 e. The zero-order chi connectivity index (χ0) is 14.5. The molecule has 0 unspecified atom stereocenters. The number of hydrogen-bond donors (Lipinski definition) is 1. The van der Waals surface area contributed by atoms with Gasteiger partial charge in [0.05, 0.1) is 5.56 Å². The lowest BCUT2D eigenvalue weighted by molar-refractivity contribution is 0.0696. The number of carbonyl (C=O) groups is 2. The van der Waals surface area contributed by atoms with E-state index in [0.717, 1.165) is 0 Å². The molecule has 0 amide bonds. The summed E-state index contributed by atoms with van der Waals surface area (Å²) in [4.78, 5) is 22.2. The third kappa shape index (κ3) is 3.12. The fourth-order valence-corrected chi connectivity index (χ4v) is 1.73. The predicted molar refractivity (Wildman–Crippen MR) is 75.8 cm³/mol. The van der Waals surface area contributed by atoms with Gasteiger partial charge in [-0.25, -0.2) is 4.79 Å². The van der Waals surface area contributed by atoms with E-state index in [0.29, 0.717) is 16.7 Å². The second-order valence-electron chi connectivity index (χ2n) is 4.23. The van der Waals surface area contributed by atoms with Crippen LogP contribution in [0.5, 0.6) is 0 Å². The molecule has 0 aliphatic carbocycles. The average molecular weight is 264 g/mol. The molecule has 2 rings (SSSR count). The van der Waals surface area contributed by atoms with Crippen LogP contribution in [0.1, 0.15) is 38.8 Å². The van der Waals surface area contributed by atoms with Gasteiger partial charge in [-0.15, -0.1) is 0 Å². The maximum absolute atomic E-state index is 11.5. The largest absolute Gasteiger partial charge is 0.478 e. The molecule has 0 saturated heterocycles. The SMILES string of the molecule is CC(=O)c1ccccc1C#Cc1ccc(C(=O)O)cc1. The molecule has 98 valence electrons. The molecule has 0 spiro atoms. The lowest BCUT2D eigenvalue weighted by atomic mass is 10.0. The van der Waals surface area contributed by atoms with E-state index in [1.54, 1.807) is 30.3 Å². The molecule has 0 aromatic heterocycles. The summed E-state index contributed by atoms with van der Waals surface area (Å²) < 4.78 is 0. The summed E-state index contributed by atoms with van der Waals surface area (Å²) in [6, 6.07) is 13.4. The Labute approximate surface area is 116 Å². The Morgan fingerprint density at radius 1 is 0.950 bits per heavy atom. The first-order chi connectivity index (χ1) is 9.58. The number of hydrogen-bond acceptors (Lipinski definition) is 2. The number of carbonyl (C=O) groups excluding carboxylic acids is 1. The van der Waals surface area contributed by atoms with E-state index in [1.165, 1.54) is 19.1 Å². The van der Waals surface area contributed by atoms with Crippen molar-refractivity contribution >= 4 is 11.8 Å². The molecule has 0 fully saturated rings. The van der Waals surface area contributed by atoms with Gasteiger partial charge in [0.25, 0.3) is 0 Å². The van der Waals surface area contributed by atoms with E-state index < -0.39 is 5.97 Å². The molecule has 3 heteroatoms. The highest BCUT2D eigenvalue weighted by Gasteiger charge is 2.03. The normalized spacial score (nSPS) is 9.45. The van der Waals surface area contributed by atoms with Crippen LogP contribution in [0.3, 0.4) is 0 Å². The molecule has 2 aromatic carbocycles. The first-order valence-corrected chi connectivity index (χ1v) is 6.03. The second-order valence-corrected chi connectivity index (χ2v) is 4.23. The number of Topliss-reactive ketones (excluding diaryl/α,β-unsaturated/α-hetero) is 1. The summed E-state index contributed by atoms with van der Waals surface area (Å²) in [7, 11) is 0. The van der Waals surface area contributed by atoms with Crippen LogP contribution in [0, 0.1) is 11.8 Å². The number of carboxylic acids is 1. The minimum atomic E-state index is -0.966. The van der Waals surface area contributed by atoms with Crippen LogP contribution in [0.4, 0.5) is 0 Å². The molecule has 0 radical (unpaired) electrons. The quantitative estimate of drug-likeness (QED) is 0.670. The molecule has 0 atom stereocenters. The van der Waals surface area contributed by atoms with E-state index in [1.807, 2.05) is 6.07 Å². The van der Waals surface area contributed by atoms with Gasteiger partial charge in [-0.3, -0.25) is 4.79 Å². The van der Waals surface area contributed by atoms with Crippen molar-refractivity contribution in [1.82, 2.24) is 0 Å². The van der Waals surface area contributed by atoms with Gasteiger partial charge < -0.3 is 5.11 Å². The Hall–Kier alpha value is -2.86. The van der Waals surface area contributed by atoms with Crippen molar-refractivity contribution in [3.63, 3.8) is 0 Å². The fourth-order valence-electron chi connectivity index (χ4n) is 1.73. The highest BCUT2D eigenvalue weighted by Crippen LogP contribution is 2.09. The zero-order valence-corrected chi connectivity index (χ0v) is 10.9. The summed E-state index contributed by atoms with van der Waals surface area (Å²) in [5.74, 6) is 4.87. The second kappa shape index (κ2) is 5.85. The molecule has 0 aliphatic heterocycles. The molecule has 0 heterocycles. The van der Waals surface area contributed by atoms with E-state index in [4.69, 9.17) is 5.11 Å². The lowest BCUT2D eigenvalue weighted by Crippen LogP contribution is -1.96. The molecule has 0 saturated carbocycles. The zero-order valence-electron chi connectivity index (χ0n) is 10.9. The van der Waals surface area contributed by atoms with E-state index in [-0.39, 0.29) is 11.3 Å². The van der Waals surface area contributed by atoms with Crippen LogP contribution >= 0.6 is 0 Å². The maximum atomic E-state index is 11.5. The van der Waals surface area contributed by atoms with Gasteiger partial charge in [0.15, 0.2) is 5.78 Å². The smallest absolute Gasteiger partial charge is 0.335 e. The van der Waals surface area contributed by atoms with Crippen LogP contribution in [0.25, 0.3) is 0 Å². The minimum absolute atomic E-state index is 0.0314. The van der Waals surface area contributed by atoms with Gasteiger partial charge in [0.2, 0.25) is 0 Å². The first kappa shape index (κ1) is 13.6. The summed E-state index contributed by atoms with van der Waals surface area (Å²) >= 11 is 0. The van der Waals surface area contributed by atoms with Crippen molar-refractivity contribution in [3.05, 3.63) is 70.8 Å². The Balaban J connectivity index is 2.31. The molecular weight excluding hydrogens is 252 g/mol. The van der Waals surface area contributed by atoms with Crippen molar-refractivity contribution in [2.24, 2.45) is 0 Å². The minimum Gasteiger partial charge on any atom is -0.478 e. The molecule has 3 nitrogen and oxygen atoms in total. The molecule has 1 N–H and O–H groups in total. The van der Waals surface area contributed by atoms with Crippen molar-refractivity contribution in [2.45, 2.75) is 6.92 Å². The Bertz CT molecular complexity index is 716. The molecule has 20 heavy (non-hydrogen) atoms. The summed E-state index contributed by atoms with van der Waals surface area (Å²) in [6.45, 7) is 1.50. The number of carboxylic acid groups (broad SMARTS) is 1. The number of ketones is 1. The van der Waals surface area contributed by atoms with E-state index in [9.17, 15) is 9.59 Å². The third-order valence-corrected chi connectivity index (χ3v) is 2.78. The van der Waals surface area contributed by atoms with Gasteiger partial charge in [-0.05, 0) is 37.3 Å². The van der Waals surface area contributed by atoms with Crippen LogP contribution in [0.15, 0.2) is 48.5 Å². The first-order valence-electron chi connectivity index (χ1n) is 6.03. The van der Waals surface area contributed by atoms with Gasteiger partial charge >= 0.3 is 5.97 Å². The van der Waals surface area contributed by atoms with Crippen LogP contribution in [-0.4, -0.2) is 16.9 Å². The molecule has 0 bridgehead atoms. The van der Waals surface area contributed by atoms with Crippen LogP contribution in [0.2, 0.25) is 0 Å². The highest BCUT2D eigenvalue weighted by atomic mass is 16.4. The van der Waals surface area contributed by atoms with Gasteiger partial charge in [-0.1, -0.05) is 30.0 Å². The third-order valence-electron chi connectivity index (χ3n) is 2.78. The fraction of sp³-hybridized carbons (Fsp3) is 0.0588. The number of benzene rings is 2. The van der Waals surface area contributed by atoms with Gasteiger partial charge in [-0.2, -0.15) is 0 Å². The van der Waals surface area contributed by atoms with Crippen molar-refractivity contribution in [1.29, 1.82) is 0 Å². The van der Waals surface area contributed by atoms with Crippen molar-refractivity contribution in [3.8, 4) is 11.8 Å². The Morgan fingerprint density at radius 3 is 2.20 bits per heavy atom. The molecule has 0 aliphatic rings. The van der Waals surface area contributed by atoms with Crippen molar-refractivity contribution in [2.75, 3.05) is 0 Å².